The molecule has 0 radical (unpaired) electrons. The Bertz CT molecular complexity index is 641. The Balaban J connectivity index is 1.99. The van der Waals surface area contributed by atoms with Gasteiger partial charge in [0, 0.05) is 20.2 Å². The highest BCUT2D eigenvalue weighted by molar-refractivity contribution is 7.89. The van der Waals surface area contributed by atoms with Gasteiger partial charge in [-0.25, -0.2) is 12.7 Å². The van der Waals surface area contributed by atoms with E-state index < -0.39 is 10.0 Å². The van der Waals surface area contributed by atoms with E-state index in [0.29, 0.717) is 5.75 Å². The number of ether oxygens (including phenoxy) is 1. The van der Waals surface area contributed by atoms with Crippen LogP contribution in [0.25, 0.3) is 0 Å². The lowest BCUT2D eigenvalue weighted by Crippen LogP contribution is -2.45. The minimum atomic E-state index is -3.46. The second-order valence-corrected chi connectivity index (χ2v) is 6.71. The van der Waals surface area contributed by atoms with Crippen LogP contribution >= 0.6 is 0 Å². The largest absolute Gasteiger partial charge is 0.478 e. The van der Waals surface area contributed by atoms with Crippen LogP contribution < -0.4 is 15.5 Å². The van der Waals surface area contributed by atoms with Crippen LogP contribution in [0.1, 0.15) is 0 Å². The van der Waals surface area contributed by atoms with Crippen molar-refractivity contribution in [3.63, 3.8) is 0 Å². The van der Waals surface area contributed by atoms with Gasteiger partial charge < -0.3 is 10.1 Å². The molecular weight excluding hydrogens is 268 g/mol. The van der Waals surface area contributed by atoms with Crippen LogP contribution in [-0.2, 0) is 10.0 Å². The van der Waals surface area contributed by atoms with Gasteiger partial charge in [0.05, 0.1) is 16.8 Å². The maximum absolute atomic E-state index is 12.1. The molecule has 0 fully saturated rings. The lowest BCUT2D eigenvalue weighted by molar-refractivity contribution is 0.232. The Morgan fingerprint density at radius 3 is 2.89 bits per heavy atom. The van der Waals surface area contributed by atoms with Crippen molar-refractivity contribution in [3.05, 3.63) is 18.2 Å². The fourth-order valence-electron chi connectivity index (χ4n) is 1.97. The topological polar surface area (TPSA) is 83.0 Å². The van der Waals surface area contributed by atoms with Crippen molar-refractivity contribution >= 4 is 21.9 Å². The first kappa shape index (κ1) is 12.2. The van der Waals surface area contributed by atoms with Crippen LogP contribution in [0.5, 0.6) is 5.75 Å². The second-order valence-electron chi connectivity index (χ2n) is 4.56. The summed E-state index contributed by atoms with van der Waals surface area (Å²) in [5.41, 5.74) is 3.62. The molecule has 8 heteroatoms. The van der Waals surface area contributed by atoms with E-state index in [4.69, 9.17) is 4.74 Å². The van der Waals surface area contributed by atoms with Crippen LogP contribution in [0.2, 0.25) is 0 Å². The van der Waals surface area contributed by atoms with Crippen molar-refractivity contribution < 1.29 is 13.2 Å². The molecule has 102 valence electrons. The molecule has 7 nitrogen and oxygen atoms in total. The maximum atomic E-state index is 12.1. The molecule has 2 atom stereocenters. The smallest absolute Gasteiger partial charge is 0.242 e. The van der Waals surface area contributed by atoms with Gasteiger partial charge in [-0.2, -0.15) is 5.10 Å². The summed E-state index contributed by atoms with van der Waals surface area (Å²) in [6.07, 6.45) is 1.31. The third kappa shape index (κ3) is 1.92. The third-order valence-corrected chi connectivity index (χ3v) is 4.88. The number of benzene rings is 1. The zero-order chi connectivity index (χ0) is 13.6. The van der Waals surface area contributed by atoms with E-state index in [0.717, 1.165) is 5.69 Å². The van der Waals surface area contributed by atoms with Gasteiger partial charge in [0.25, 0.3) is 0 Å². The molecule has 1 aromatic carbocycles. The monoisotopic (exact) mass is 282 g/mol. The minimum absolute atomic E-state index is 0.108. The molecule has 0 amide bonds. The van der Waals surface area contributed by atoms with Crippen molar-refractivity contribution in [1.29, 1.82) is 0 Å². The number of hydrazone groups is 1. The van der Waals surface area contributed by atoms with Crippen molar-refractivity contribution in [2.75, 3.05) is 19.4 Å². The molecule has 2 aliphatic heterocycles. The van der Waals surface area contributed by atoms with Gasteiger partial charge in [-0.1, -0.05) is 0 Å². The van der Waals surface area contributed by atoms with E-state index in [2.05, 4.69) is 15.8 Å². The lowest BCUT2D eigenvalue weighted by Gasteiger charge is -2.29. The highest BCUT2D eigenvalue weighted by Crippen LogP contribution is 2.34. The van der Waals surface area contributed by atoms with E-state index >= 15 is 0 Å². The third-order valence-electron chi connectivity index (χ3n) is 3.07. The minimum Gasteiger partial charge on any atom is -0.478 e. The molecule has 2 aliphatic rings. The summed E-state index contributed by atoms with van der Waals surface area (Å²) in [4.78, 5) is 0.208. The van der Waals surface area contributed by atoms with Gasteiger partial charge in [0.15, 0.2) is 12.3 Å². The molecule has 3 rings (SSSR count). The lowest BCUT2D eigenvalue weighted by atomic mass is 10.2. The molecule has 0 spiro atoms. The number of nitrogens with zero attached hydrogens (tertiary/aromatic N) is 2. The Hall–Kier alpha value is -1.80. The van der Waals surface area contributed by atoms with Crippen molar-refractivity contribution in [3.8, 4) is 5.75 Å². The normalized spacial score (nSPS) is 24.2. The number of hydrogen-bond acceptors (Lipinski definition) is 6. The molecule has 2 unspecified atom stereocenters. The first-order chi connectivity index (χ1) is 8.98. The van der Waals surface area contributed by atoms with Gasteiger partial charge in [0.2, 0.25) is 10.0 Å². The van der Waals surface area contributed by atoms with Gasteiger partial charge in [-0.05, 0) is 12.1 Å². The predicted octanol–water partition coefficient (Wildman–Crippen LogP) is 0.0249. The predicted molar refractivity (Wildman–Crippen MR) is 70.8 cm³/mol. The first-order valence-corrected chi connectivity index (χ1v) is 7.21. The highest BCUT2D eigenvalue weighted by Gasteiger charge is 2.32. The van der Waals surface area contributed by atoms with Crippen molar-refractivity contribution in [2.45, 2.75) is 17.2 Å². The molecule has 0 saturated heterocycles. The second kappa shape index (κ2) is 4.10. The fraction of sp³-hybridized carbons (Fsp3) is 0.364. The molecule has 0 saturated carbocycles. The standard InChI is InChI=1S/C11H14N4O3S/c1-15(2)19(16,17)7-3-4-8-9(5-7)18-10-6-12-14-11(10)13-8/h3-6,10-11,13-14H,1-2H3. The van der Waals surface area contributed by atoms with Crippen LogP contribution in [0.15, 0.2) is 28.2 Å². The molecule has 0 aromatic heterocycles. The quantitative estimate of drug-likeness (QED) is 0.799. The van der Waals surface area contributed by atoms with Gasteiger partial charge in [-0.3, -0.25) is 5.43 Å². The van der Waals surface area contributed by atoms with Crippen LogP contribution in [0.3, 0.4) is 0 Å². The summed E-state index contributed by atoms with van der Waals surface area (Å²) in [7, 11) is -0.461. The number of anilines is 1. The van der Waals surface area contributed by atoms with E-state index in [1.165, 1.54) is 24.5 Å². The van der Waals surface area contributed by atoms with Crippen LogP contribution in [-0.4, -0.2) is 45.3 Å². The van der Waals surface area contributed by atoms with Gasteiger partial charge in [-0.15, -0.1) is 0 Å². The van der Waals surface area contributed by atoms with E-state index in [-0.39, 0.29) is 17.2 Å². The number of rotatable bonds is 2. The van der Waals surface area contributed by atoms with Gasteiger partial charge in [0.1, 0.15) is 5.75 Å². The van der Waals surface area contributed by atoms with Gasteiger partial charge >= 0.3 is 0 Å². The van der Waals surface area contributed by atoms with Crippen molar-refractivity contribution in [2.24, 2.45) is 5.10 Å². The summed E-state index contributed by atoms with van der Waals surface area (Å²) in [6.45, 7) is 0. The summed E-state index contributed by atoms with van der Waals surface area (Å²) < 4.78 is 31.0. The maximum Gasteiger partial charge on any atom is 0.242 e. The first-order valence-electron chi connectivity index (χ1n) is 5.77. The molecule has 1 aromatic rings. The van der Waals surface area contributed by atoms with E-state index in [9.17, 15) is 8.42 Å². The molecule has 0 bridgehead atoms. The number of fused-ring (bicyclic) bond motifs is 2. The Morgan fingerprint density at radius 1 is 1.37 bits per heavy atom. The summed E-state index contributed by atoms with van der Waals surface area (Å²) in [6, 6.07) is 4.78. The summed E-state index contributed by atoms with van der Waals surface area (Å²) in [5.74, 6) is 0.513. The highest BCUT2D eigenvalue weighted by atomic mass is 32.2. The Morgan fingerprint density at radius 2 is 2.16 bits per heavy atom. The Kier molecular flexibility index (Phi) is 2.64. The Labute approximate surface area is 111 Å². The number of sulfonamides is 1. The summed E-state index contributed by atoms with van der Waals surface area (Å²) >= 11 is 0. The molecular formula is C11H14N4O3S. The molecule has 2 N–H and O–H groups in total. The zero-order valence-corrected chi connectivity index (χ0v) is 11.3. The van der Waals surface area contributed by atoms with Crippen LogP contribution in [0, 0.1) is 0 Å². The molecule has 19 heavy (non-hydrogen) atoms. The SMILES string of the molecule is CN(C)S(=O)(=O)c1ccc2c(c1)OC1C=NNC1N2. The number of hydrogen-bond donors (Lipinski definition) is 2. The molecule has 2 heterocycles. The average molecular weight is 282 g/mol. The van der Waals surface area contributed by atoms with E-state index in [1.807, 2.05) is 0 Å². The van der Waals surface area contributed by atoms with Crippen molar-refractivity contribution in [1.82, 2.24) is 9.73 Å². The summed E-state index contributed by atoms with van der Waals surface area (Å²) in [5, 5.41) is 7.12. The number of nitrogens with one attached hydrogen (secondary N) is 2. The van der Waals surface area contributed by atoms with Crippen LogP contribution in [0.4, 0.5) is 5.69 Å². The molecule has 0 aliphatic carbocycles. The van der Waals surface area contributed by atoms with E-state index in [1.54, 1.807) is 18.3 Å². The zero-order valence-electron chi connectivity index (χ0n) is 10.5. The average Bonchev–Trinajstić information content (AvgIpc) is 2.82. The fourth-order valence-corrected chi connectivity index (χ4v) is 2.89.